The van der Waals surface area contributed by atoms with Crippen molar-refractivity contribution in [1.29, 1.82) is 0 Å². The van der Waals surface area contributed by atoms with Gasteiger partial charge in [0, 0.05) is 5.56 Å². The maximum atomic E-state index is 12.9. The van der Waals surface area contributed by atoms with E-state index in [-0.39, 0.29) is 22.5 Å². The van der Waals surface area contributed by atoms with Crippen LogP contribution in [0.25, 0.3) is 17.1 Å². The molecule has 4 aromatic rings. The zero-order valence-electron chi connectivity index (χ0n) is 15.8. The molecule has 0 amide bonds. The predicted octanol–water partition coefficient (Wildman–Crippen LogP) is 4.89. The van der Waals surface area contributed by atoms with Gasteiger partial charge in [-0.05, 0) is 48.5 Å². The average Bonchev–Trinajstić information content (AvgIpc) is 3.38. The van der Waals surface area contributed by atoms with Gasteiger partial charge in [0.25, 0.3) is 0 Å². The fraction of sp³-hybridized carbons (Fsp3) is 0.211. The number of halogens is 3. The van der Waals surface area contributed by atoms with Gasteiger partial charge in [0.2, 0.25) is 16.9 Å². The van der Waals surface area contributed by atoms with Crippen molar-refractivity contribution in [2.45, 2.75) is 30.4 Å². The number of alkyl halides is 3. The average molecular weight is 432 g/mol. The zero-order valence-corrected chi connectivity index (χ0v) is 16.6. The number of nitrogens with zero attached hydrogens (tertiary/aromatic N) is 6. The van der Waals surface area contributed by atoms with E-state index in [1.165, 1.54) is 23.9 Å². The molecule has 0 saturated heterocycles. The molecule has 0 unspecified atom stereocenters. The Morgan fingerprint density at radius 1 is 1.10 bits per heavy atom. The van der Waals surface area contributed by atoms with Crippen LogP contribution in [0.1, 0.15) is 29.2 Å². The van der Waals surface area contributed by atoms with Crippen LogP contribution in [-0.4, -0.2) is 30.3 Å². The molecule has 0 aliphatic carbocycles. The minimum atomic E-state index is -4.45. The van der Waals surface area contributed by atoms with Crippen molar-refractivity contribution in [2.24, 2.45) is 0 Å². The van der Waals surface area contributed by atoms with Crippen LogP contribution in [0.4, 0.5) is 13.2 Å². The predicted molar refractivity (Wildman–Crippen MR) is 103 cm³/mol. The highest BCUT2D eigenvalue weighted by Gasteiger charge is 2.31. The van der Waals surface area contributed by atoms with Gasteiger partial charge >= 0.3 is 6.18 Å². The number of hydrogen-bond acceptors (Lipinski definition) is 7. The second-order valence-corrected chi connectivity index (χ2v) is 7.81. The Hall–Kier alpha value is -3.21. The number of rotatable bonds is 5. The summed E-state index contributed by atoms with van der Waals surface area (Å²) in [5.41, 5.74) is 1.37. The molecule has 11 heteroatoms. The normalized spacial score (nSPS) is 12.8. The van der Waals surface area contributed by atoms with Crippen LogP contribution >= 0.6 is 11.8 Å². The molecule has 7 nitrogen and oxygen atoms in total. The summed E-state index contributed by atoms with van der Waals surface area (Å²) in [4.78, 5) is 4.25. The Morgan fingerprint density at radius 2 is 1.87 bits per heavy atom. The third kappa shape index (κ3) is 4.20. The lowest BCUT2D eigenvalue weighted by Crippen LogP contribution is -2.04. The third-order valence-electron chi connectivity index (χ3n) is 4.24. The summed E-state index contributed by atoms with van der Waals surface area (Å²) in [7, 11) is 0. The van der Waals surface area contributed by atoms with Crippen molar-refractivity contribution >= 4 is 11.8 Å². The first kappa shape index (κ1) is 20.1. The number of hydrogen-bond donors (Lipinski definition) is 0. The topological polar surface area (TPSA) is 82.5 Å². The molecule has 0 saturated carbocycles. The van der Waals surface area contributed by atoms with Crippen LogP contribution in [0.15, 0.2) is 58.2 Å². The first-order valence-corrected chi connectivity index (χ1v) is 9.72. The van der Waals surface area contributed by atoms with E-state index in [0.717, 1.165) is 23.4 Å². The Bertz CT molecular complexity index is 1160. The molecule has 4 rings (SSSR count). The molecule has 2 heterocycles. The molecule has 0 N–H and O–H groups in total. The van der Waals surface area contributed by atoms with Gasteiger partial charge in [0.15, 0.2) is 0 Å². The molecule has 2 aromatic heterocycles. The monoisotopic (exact) mass is 432 g/mol. The van der Waals surface area contributed by atoms with Gasteiger partial charge in [-0.15, -0.1) is 5.10 Å². The van der Waals surface area contributed by atoms with Crippen molar-refractivity contribution in [3.8, 4) is 17.1 Å². The van der Waals surface area contributed by atoms with Gasteiger partial charge in [-0.25, -0.2) is 0 Å². The molecule has 0 bridgehead atoms. The maximum absolute atomic E-state index is 12.9. The second kappa shape index (κ2) is 7.90. The fourth-order valence-corrected chi connectivity index (χ4v) is 3.50. The summed E-state index contributed by atoms with van der Waals surface area (Å²) in [5, 5.41) is 15.8. The van der Waals surface area contributed by atoms with E-state index in [1.54, 1.807) is 4.68 Å². The highest BCUT2D eigenvalue weighted by Crippen LogP contribution is 2.35. The number of thioether (sulfide) groups is 1. The molecule has 0 spiro atoms. The quantitative estimate of drug-likeness (QED) is 0.415. The van der Waals surface area contributed by atoms with Gasteiger partial charge < -0.3 is 4.52 Å². The summed E-state index contributed by atoms with van der Waals surface area (Å²) < 4.78 is 45.7. The van der Waals surface area contributed by atoms with Crippen molar-refractivity contribution < 1.29 is 17.7 Å². The minimum Gasteiger partial charge on any atom is -0.338 e. The van der Waals surface area contributed by atoms with Gasteiger partial charge in [-0.1, -0.05) is 46.7 Å². The first-order chi connectivity index (χ1) is 14.3. The largest absolute Gasteiger partial charge is 0.416 e. The van der Waals surface area contributed by atoms with E-state index >= 15 is 0 Å². The summed E-state index contributed by atoms with van der Waals surface area (Å²) in [5.74, 6) is 0.340. The van der Waals surface area contributed by atoms with Gasteiger partial charge in [-0.2, -0.15) is 22.8 Å². The van der Waals surface area contributed by atoms with Crippen LogP contribution in [0.3, 0.4) is 0 Å². The van der Waals surface area contributed by atoms with Crippen molar-refractivity contribution in [3.63, 3.8) is 0 Å². The lowest BCUT2D eigenvalue weighted by Gasteiger charge is -2.07. The molecule has 0 aliphatic rings. The molecule has 1 atom stereocenters. The highest BCUT2D eigenvalue weighted by molar-refractivity contribution is 7.99. The number of tetrazole rings is 1. The molecular formula is C19H15F3N6OS. The second-order valence-electron chi connectivity index (χ2n) is 6.50. The van der Waals surface area contributed by atoms with E-state index in [9.17, 15) is 13.2 Å². The molecule has 154 valence electrons. The summed E-state index contributed by atoms with van der Waals surface area (Å²) in [6, 6.07) is 12.5. The molecule has 30 heavy (non-hydrogen) atoms. The Morgan fingerprint density at radius 3 is 2.60 bits per heavy atom. The number of aromatic nitrogens is 6. The number of aryl methyl sites for hydroxylation is 1. The Labute approximate surface area is 173 Å². The van der Waals surface area contributed by atoms with E-state index < -0.39 is 11.7 Å². The molecule has 0 radical (unpaired) electrons. The minimum absolute atomic E-state index is 0.0849. The van der Waals surface area contributed by atoms with Crippen molar-refractivity contribution in [1.82, 2.24) is 30.3 Å². The standard InChI is InChI=1S/C19H15F3N6OS/c1-11-6-8-15(9-7-11)28-18(24-26-27-28)30-12(2)17-23-16(25-29-17)13-4-3-5-14(10-13)19(20,21)22/h3-10,12H,1-2H3/t12-/m0/s1. The maximum Gasteiger partial charge on any atom is 0.416 e. The lowest BCUT2D eigenvalue weighted by atomic mass is 10.1. The van der Waals surface area contributed by atoms with E-state index in [1.807, 2.05) is 38.1 Å². The summed E-state index contributed by atoms with van der Waals surface area (Å²) in [6.07, 6.45) is -4.45. The molecular weight excluding hydrogens is 417 g/mol. The Balaban J connectivity index is 1.54. The van der Waals surface area contributed by atoms with Crippen LogP contribution in [0, 0.1) is 6.92 Å². The summed E-state index contributed by atoms with van der Waals surface area (Å²) >= 11 is 1.30. The van der Waals surface area contributed by atoms with Crippen molar-refractivity contribution in [3.05, 3.63) is 65.5 Å². The SMILES string of the molecule is Cc1ccc(-n2nnnc2S[C@@H](C)c2nc(-c3cccc(C(F)(F)F)c3)no2)cc1. The molecule has 0 aliphatic heterocycles. The molecule has 0 fully saturated rings. The van der Waals surface area contributed by atoms with Gasteiger partial charge in [0.05, 0.1) is 16.5 Å². The van der Waals surface area contributed by atoms with Gasteiger partial charge in [-0.3, -0.25) is 0 Å². The smallest absolute Gasteiger partial charge is 0.338 e. The van der Waals surface area contributed by atoms with Crippen LogP contribution < -0.4 is 0 Å². The van der Waals surface area contributed by atoms with E-state index in [0.29, 0.717) is 5.16 Å². The first-order valence-electron chi connectivity index (χ1n) is 8.84. The summed E-state index contributed by atoms with van der Waals surface area (Å²) in [6.45, 7) is 3.81. The van der Waals surface area contributed by atoms with E-state index in [2.05, 4.69) is 25.7 Å². The third-order valence-corrected chi connectivity index (χ3v) is 5.26. The fourth-order valence-electron chi connectivity index (χ4n) is 2.66. The van der Waals surface area contributed by atoms with Crippen LogP contribution in [0.5, 0.6) is 0 Å². The zero-order chi connectivity index (χ0) is 21.3. The van der Waals surface area contributed by atoms with Gasteiger partial charge in [0.1, 0.15) is 0 Å². The van der Waals surface area contributed by atoms with Crippen molar-refractivity contribution in [2.75, 3.05) is 0 Å². The highest BCUT2D eigenvalue weighted by atomic mass is 32.2. The Kier molecular flexibility index (Phi) is 5.29. The van der Waals surface area contributed by atoms with E-state index in [4.69, 9.17) is 4.52 Å². The van der Waals surface area contributed by atoms with Crippen LogP contribution in [0.2, 0.25) is 0 Å². The van der Waals surface area contributed by atoms with Crippen LogP contribution in [-0.2, 0) is 6.18 Å². The molecule has 2 aromatic carbocycles. The lowest BCUT2D eigenvalue weighted by molar-refractivity contribution is -0.137. The number of benzene rings is 2.